The van der Waals surface area contributed by atoms with Gasteiger partial charge >= 0.3 is 6.18 Å². The van der Waals surface area contributed by atoms with Gasteiger partial charge in [-0.25, -0.2) is 4.98 Å². The van der Waals surface area contributed by atoms with E-state index in [0.29, 0.717) is 37.9 Å². The highest BCUT2D eigenvalue weighted by atomic mass is 19.4. The number of amides is 1. The molecule has 0 atom stereocenters. The number of aromatic nitrogens is 2. The molecule has 1 aromatic heterocycles. The highest BCUT2D eigenvalue weighted by Gasteiger charge is 2.35. The Morgan fingerprint density at radius 3 is 2.32 bits per heavy atom. The minimum Gasteiger partial charge on any atom is -0.369 e. The predicted molar refractivity (Wildman–Crippen MR) is 186 cm³/mol. The summed E-state index contributed by atoms with van der Waals surface area (Å²) >= 11 is 0. The van der Waals surface area contributed by atoms with Crippen molar-refractivity contribution in [2.45, 2.75) is 111 Å². The Kier molecular flexibility index (Phi) is 15.7. The summed E-state index contributed by atoms with van der Waals surface area (Å²) in [5, 5.41) is 6.05. The number of nitrogens with zero attached hydrogens (tertiary/aromatic N) is 5. The quantitative estimate of drug-likeness (QED) is 0.199. The summed E-state index contributed by atoms with van der Waals surface area (Å²) in [5.74, 6) is 0.452. The van der Waals surface area contributed by atoms with Gasteiger partial charge in [-0.15, -0.1) is 0 Å². The fourth-order valence-electron chi connectivity index (χ4n) is 6.62. The van der Waals surface area contributed by atoms with Gasteiger partial charge in [-0.1, -0.05) is 46.8 Å². The molecule has 47 heavy (non-hydrogen) atoms. The fraction of sp³-hybridized carbons (Fsp3) is 0.694. The normalized spacial score (nSPS) is 16.8. The van der Waals surface area contributed by atoms with Gasteiger partial charge in [-0.3, -0.25) is 4.79 Å². The van der Waals surface area contributed by atoms with Crippen molar-refractivity contribution in [3.63, 3.8) is 0 Å². The van der Waals surface area contributed by atoms with Crippen LogP contribution in [-0.4, -0.2) is 89.5 Å². The van der Waals surface area contributed by atoms with Crippen LogP contribution in [0.25, 0.3) is 0 Å². The Morgan fingerprint density at radius 1 is 1.00 bits per heavy atom. The average Bonchev–Trinajstić information content (AvgIpc) is 3.07. The van der Waals surface area contributed by atoms with E-state index in [0.717, 1.165) is 62.6 Å². The number of carbonyl (C=O) groups excluding carboxylic acids is 1. The van der Waals surface area contributed by atoms with E-state index in [9.17, 15) is 18.0 Å². The average molecular weight is 662 g/mol. The minimum atomic E-state index is -4.59. The molecule has 0 radical (unpaired) electrons. The van der Waals surface area contributed by atoms with E-state index in [1.807, 2.05) is 33.8 Å². The van der Waals surface area contributed by atoms with E-state index in [2.05, 4.69) is 56.5 Å². The zero-order valence-corrected chi connectivity index (χ0v) is 29.6. The van der Waals surface area contributed by atoms with Gasteiger partial charge in [0, 0.05) is 44.0 Å². The monoisotopic (exact) mass is 661 g/mol. The van der Waals surface area contributed by atoms with E-state index >= 15 is 0 Å². The lowest BCUT2D eigenvalue weighted by molar-refractivity contribution is -0.137. The summed E-state index contributed by atoms with van der Waals surface area (Å²) in [6, 6.07) is 7.10. The number of hydrogen-bond acceptors (Lipinski definition) is 7. The predicted octanol–water partition coefficient (Wildman–Crippen LogP) is 7.94. The van der Waals surface area contributed by atoms with Crippen LogP contribution in [0.2, 0.25) is 0 Å². The number of aryl methyl sites for hydroxylation is 1. The first-order valence-corrected chi connectivity index (χ1v) is 17.9. The van der Waals surface area contributed by atoms with Crippen molar-refractivity contribution in [3.05, 3.63) is 41.1 Å². The van der Waals surface area contributed by atoms with Gasteiger partial charge in [-0.2, -0.15) is 18.2 Å². The third-order valence-electron chi connectivity index (χ3n) is 9.26. The van der Waals surface area contributed by atoms with Crippen LogP contribution in [-0.2, 0) is 17.4 Å². The number of likely N-dealkylation sites (tertiary alicyclic amines) is 2. The second-order valence-electron chi connectivity index (χ2n) is 12.6. The lowest BCUT2D eigenvalue weighted by Gasteiger charge is -2.41. The highest BCUT2D eigenvalue weighted by Crippen LogP contribution is 2.36. The maximum atomic E-state index is 13.8. The SMILES string of the molecule is CC.CCCC(=O)N(CCC)CCCNc1nc(Nc2ccc(C3CCN(C4CCN(C)CC4)CC3)cc2CC)ncc1C(F)(F)F. The van der Waals surface area contributed by atoms with Crippen molar-refractivity contribution in [1.29, 1.82) is 0 Å². The Bertz CT molecular complexity index is 1230. The standard InChI is InChI=1S/C34H52F3N7O.C2H6/c1-5-9-31(45)44(17-6-2)18-8-16-38-32-29(34(35,36)37)24-39-33(41-32)40-30-11-10-27(23-25(30)7-3)26-12-21-43(22-13-26)28-14-19-42(4)20-15-28;1-2/h10-11,23-24,26,28H,5-9,12-22H2,1-4H3,(H2,38,39,40,41);1-2H3. The summed E-state index contributed by atoms with van der Waals surface area (Å²) in [6.45, 7) is 16.0. The second-order valence-corrected chi connectivity index (χ2v) is 12.6. The van der Waals surface area contributed by atoms with E-state index in [1.54, 1.807) is 4.90 Å². The summed E-state index contributed by atoms with van der Waals surface area (Å²) < 4.78 is 41.5. The lowest BCUT2D eigenvalue weighted by atomic mass is 9.86. The summed E-state index contributed by atoms with van der Waals surface area (Å²) in [7, 11) is 2.20. The number of alkyl halides is 3. The summed E-state index contributed by atoms with van der Waals surface area (Å²) in [6.07, 6.45) is 4.40. The molecule has 3 heterocycles. The molecule has 2 aliphatic rings. The first-order chi connectivity index (χ1) is 22.6. The maximum absolute atomic E-state index is 13.8. The largest absolute Gasteiger partial charge is 0.421 e. The molecule has 4 rings (SSSR count). The molecule has 1 aromatic carbocycles. The van der Waals surface area contributed by atoms with Crippen LogP contribution in [0.1, 0.15) is 109 Å². The fourth-order valence-corrected chi connectivity index (χ4v) is 6.62. The molecule has 2 N–H and O–H groups in total. The van der Waals surface area contributed by atoms with Gasteiger partial charge in [0.05, 0.1) is 0 Å². The molecule has 2 saturated heterocycles. The van der Waals surface area contributed by atoms with Crippen molar-refractivity contribution < 1.29 is 18.0 Å². The molecule has 2 aromatic rings. The van der Waals surface area contributed by atoms with Gasteiger partial charge < -0.3 is 25.3 Å². The molecule has 0 unspecified atom stereocenters. The number of nitrogens with one attached hydrogen (secondary N) is 2. The van der Waals surface area contributed by atoms with Gasteiger partial charge in [0.25, 0.3) is 0 Å². The van der Waals surface area contributed by atoms with Crippen molar-refractivity contribution in [1.82, 2.24) is 24.7 Å². The molecule has 0 bridgehead atoms. The maximum Gasteiger partial charge on any atom is 0.421 e. The highest BCUT2D eigenvalue weighted by molar-refractivity contribution is 5.76. The van der Waals surface area contributed by atoms with Crippen molar-refractivity contribution in [2.75, 3.05) is 63.5 Å². The molecule has 11 heteroatoms. The molecule has 0 spiro atoms. The molecule has 2 fully saturated rings. The molecular weight excluding hydrogens is 603 g/mol. The number of benzene rings is 1. The number of piperidine rings is 2. The Hall–Kier alpha value is -2.92. The molecule has 1 amide bonds. The van der Waals surface area contributed by atoms with Crippen molar-refractivity contribution in [3.8, 4) is 0 Å². The van der Waals surface area contributed by atoms with Gasteiger partial charge in [-0.05, 0) is 108 Å². The summed E-state index contributed by atoms with van der Waals surface area (Å²) in [5.41, 5.74) is 2.32. The molecule has 2 aliphatic heterocycles. The number of hydrogen-bond donors (Lipinski definition) is 2. The zero-order chi connectivity index (χ0) is 34.4. The first kappa shape index (κ1) is 38.5. The van der Waals surface area contributed by atoms with E-state index < -0.39 is 11.7 Å². The molecule has 264 valence electrons. The smallest absolute Gasteiger partial charge is 0.369 e. The lowest BCUT2D eigenvalue weighted by Crippen LogP contribution is -2.46. The van der Waals surface area contributed by atoms with Gasteiger partial charge in [0.1, 0.15) is 11.4 Å². The topological polar surface area (TPSA) is 76.6 Å². The van der Waals surface area contributed by atoms with Crippen LogP contribution in [0.4, 0.5) is 30.6 Å². The molecule has 0 saturated carbocycles. The van der Waals surface area contributed by atoms with Crippen LogP contribution < -0.4 is 10.6 Å². The number of carbonyl (C=O) groups is 1. The third kappa shape index (κ3) is 11.3. The molecule has 0 aliphatic carbocycles. The second kappa shape index (κ2) is 19.2. The summed E-state index contributed by atoms with van der Waals surface area (Å²) in [4.78, 5) is 27.5. The Morgan fingerprint density at radius 2 is 1.70 bits per heavy atom. The zero-order valence-electron chi connectivity index (χ0n) is 29.6. The van der Waals surface area contributed by atoms with Crippen LogP contribution in [0, 0.1) is 0 Å². The van der Waals surface area contributed by atoms with Crippen LogP contribution >= 0.6 is 0 Å². The number of rotatable bonds is 14. The first-order valence-electron chi connectivity index (χ1n) is 17.9. The number of halogens is 3. The van der Waals surface area contributed by atoms with Crippen molar-refractivity contribution in [2.24, 2.45) is 0 Å². The Labute approximate surface area is 280 Å². The van der Waals surface area contributed by atoms with E-state index in [1.165, 1.54) is 31.5 Å². The molecular formula is C36H58F3N7O. The number of anilines is 3. The van der Waals surface area contributed by atoms with Crippen LogP contribution in [0.5, 0.6) is 0 Å². The third-order valence-corrected chi connectivity index (χ3v) is 9.26. The van der Waals surface area contributed by atoms with Gasteiger partial charge in [0.15, 0.2) is 0 Å². The Balaban J connectivity index is 0.00000294. The van der Waals surface area contributed by atoms with Crippen LogP contribution in [0.15, 0.2) is 24.4 Å². The van der Waals surface area contributed by atoms with E-state index in [-0.39, 0.29) is 24.2 Å². The van der Waals surface area contributed by atoms with Gasteiger partial charge in [0.2, 0.25) is 11.9 Å². The minimum absolute atomic E-state index is 0.0831. The van der Waals surface area contributed by atoms with Crippen molar-refractivity contribution >= 4 is 23.4 Å². The van der Waals surface area contributed by atoms with Crippen LogP contribution in [0.3, 0.4) is 0 Å². The molecule has 8 nitrogen and oxygen atoms in total. The van der Waals surface area contributed by atoms with E-state index in [4.69, 9.17) is 0 Å².